The molecule has 3 nitrogen and oxygen atoms in total. The highest BCUT2D eigenvalue weighted by Gasteiger charge is 2.20. The molecular weight excluding hydrogens is 244 g/mol. The van der Waals surface area contributed by atoms with Crippen molar-refractivity contribution in [3.63, 3.8) is 0 Å². The molecule has 0 aliphatic carbocycles. The molecule has 0 saturated carbocycles. The molecule has 1 amide bonds. The highest BCUT2D eigenvalue weighted by molar-refractivity contribution is 8.00. The predicted molar refractivity (Wildman–Crippen MR) is 79.8 cm³/mol. The fourth-order valence-corrected chi connectivity index (χ4v) is 3.38. The van der Waals surface area contributed by atoms with Gasteiger partial charge in [0.05, 0.1) is 0 Å². The molecule has 1 aliphatic heterocycles. The number of piperidine rings is 1. The van der Waals surface area contributed by atoms with Gasteiger partial charge in [-0.15, -0.1) is 0 Å². The quantitative estimate of drug-likeness (QED) is 0.808. The standard InChI is InChI=1S/C14H28N2OS/c1-14(2,3)18-10-9-16-8-4-5-12(11-16)6-7-13(15)17/h12H,4-11H2,1-3H3,(H2,15,17)/t12-/m1/s1. The first-order valence-corrected chi connectivity index (χ1v) is 8.00. The number of thioether (sulfide) groups is 1. The molecule has 18 heavy (non-hydrogen) atoms. The summed E-state index contributed by atoms with van der Waals surface area (Å²) in [7, 11) is 0. The van der Waals surface area contributed by atoms with Gasteiger partial charge in [-0.2, -0.15) is 11.8 Å². The molecule has 0 aromatic rings. The molecule has 0 spiro atoms. The van der Waals surface area contributed by atoms with Gasteiger partial charge in [-0.3, -0.25) is 4.79 Å². The minimum Gasteiger partial charge on any atom is -0.370 e. The molecule has 0 aromatic heterocycles. The van der Waals surface area contributed by atoms with E-state index < -0.39 is 0 Å². The minimum absolute atomic E-state index is 0.157. The Morgan fingerprint density at radius 3 is 2.78 bits per heavy atom. The molecule has 0 aromatic carbocycles. The van der Waals surface area contributed by atoms with E-state index in [0.717, 1.165) is 13.0 Å². The summed E-state index contributed by atoms with van der Waals surface area (Å²) in [5.41, 5.74) is 5.22. The third kappa shape index (κ3) is 7.27. The van der Waals surface area contributed by atoms with Crippen LogP contribution in [0.5, 0.6) is 0 Å². The number of primary amides is 1. The third-order valence-electron chi connectivity index (χ3n) is 3.34. The maximum Gasteiger partial charge on any atom is 0.217 e. The van der Waals surface area contributed by atoms with Crippen LogP contribution in [0.1, 0.15) is 46.5 Å². The van der Waals surface area contributed by atoms with Crippen molar-refractivity contribution in [3.05, 3.63) is 0 Å². The number of rotatable bonds is 6. The Kier molecular flexibility index (Phi) is 6.50. The van der Waals surface area contributed by atoms with Crippen molar-refractivity contribution in [1.29, 1.82) is 0 Å². The van der Waals surface area contributed by atoms with Crippen LogP contribution in [0.2, 0.25) is 0 Å². The zero-order valence-electron chi connectivity index (χ0n) is 12.1. The van der Waals surface area contributed by atoms with Crippen LogP contribution < -0.4 is 5.73 Å². The topological polar surface area (TPSA) is 46.3 Å². The summed E-state index contributed by atoms with van der Waals surface area (Å²) < 4.78 is 0.362. The van der Waals surface area contributed by atoms with Crippen LogP contribution in [0, 0.1) is 5.92 Å². The van der Waals surface area contributed by atoms with E-state index in [9.17, 15) is 4.79 Å². The number of carbonyl (C=O) groups is 1. The lowest BCUT2D eigenvalue weighted by molar-refractivity contribution is -0.118. The van der Waals surface area contributed by atoms with Crippen molar-refractivity contribution in [2.75, 3.05) is 25.4 Å². The van der Waals surface area contributed by atoms with Crippen molar-refractivity contribution < 1.29 is 4.79 Å². The van der Waals surface area contributed by atoms with E-state index in [-0.39, 0.29) is 5.91 Å². The summed E-state index contributed by atoms with van der Waals surface area (Å²) in [5, 5.41) is 0. The molecule has 0 radical (unpaired) electrons. The van der Waals surface area contributed by atoms with Crippen LogP contribution in [0.3, 0.4) is 0 Å². The van der Waals surface area contributed by atoms with Crippen LogP contribution in [0.15, 0.2) is 0 Å². The third-order valence-corrected chi connectivity index (χ3v) is 4.60. The summed E-state index contributed by atoms with van der Waals surface area (Å²) in [5.74, 6) is 1.72. The van der Waals surface area contributed by atoms with Gasteiger partial charge in [0.25, 0.3) is 0 Å². The van der Waals surface area contributed by atoms with E-state index in [1.54, 1.807) is 0 Å². The average Bonchev–Trinajstić information content (AvgIpc) is 2.25. The van der Waals surface area contributed by atoms with E-state index in [1.165, 1.54) is 31.7 Å². The number of amides is 1. The van der Waals surface area contributed by atoms with Gasteiger partial charge in [0.1, 0.15) is 0 Å². The molecule has 0 unspecified atom stereocenters. The number of hydrogen-bond donors (Lipinski definition) is 1. The lowest BCUT2D eigenvalue weighted by Crippen LogP contribution is -2.37. The molecule has 1 atom stereocenters. The highest BCUT2D eigenvalue weighted by Crippen LogP contribution is 2.25. The van der Waals surface area contributed by atoms with E-state index in [4.69, 9.17) is 5.73 Å². The fraction of sp³-hybridized carbons (Fsp3) is 0.929. The van der Waals surface area contributed by atoms with Crippen LogP contribution in [0.25, 0.3) is 0 Å². The SMILES string of the molecule is CC(C)(C)SCCN1CCC[C@H](CCC(N)=O)C1. The fourth-order valence-electron chi connectivity index (χ4n) is 2.42. The number of nitrogens with two attached hydrogens (primary N) is 1. The second-order valence-corrected chi connectivity index (χ2v) is 8.20. The average molecular weight is 272 g/mol. The molecule has 1 aliphatic rings. The van der Waals surface area contributed by atoms with Gasteiger partial charge < -0.3 is 10.6 Å². The van der Waals surface area contributed by atoms with Crippen molar-refractivity contribution in [2.24, 2.45) is 11.7 Å². The van der Waals surface area contributed by atoms with Crippen molar-refractivity contribution in [2.45, 2.75) is 51.2 Å². The second kappa shape index (κ2) is 7.39. The van der Waals surface area contributed by atoms with Gasteiger partial charge >= 0.3 is 0 Å². The Morgan fingerprint density at radius 2 is 2.17 bits per heavy atom. The van der Waals surface area contributed by atoms with Gasteiger partial charge in [0.2, 0.25) is 5.91 Å². The first kappa shape index (κ1) is 15.8. The predicted octanol–water partition coefficient (Wildman–Crippen LogP) is 2.50. The molecule has 0 bridgehead atoms. The summed E-state index contributed by atoms with van der Waals surface area (Å²) in [4.78, 5) is 13.4. The van der Waals surface area contributed by atoms with Crippen molar-refractivity contribution in [3.8, 4) is 0 Å². The molecule has 1 heterocycles. The van der Waals surface area contributed by atoms with Crippen LogP contribution >= 0.6 is 11.8 Å². The zero-order valence-corrected chi connectivity index (χ0v) is 12.9. The lowest BCUT2D eigenvalue weighted by atomic mass is 9.93. The van der Waals surface area contributed by atoms with Crippen molar-refractivity contribution in [1.82, 2.24) is 4.90 Å². The number of hydrogen-bond acceptors (Lipinski definition) is 3. The van der Waals surface area contributed by atoms with Gasteiger partial charge in [0.15, 0.2) is 0 Å². The Balaban J connectivity index is 2.20. The van der Waals surface area contributed by atoms with E-state index in [1.807, 2.05) is 11.8 Å². The summed E-state index contributed by atoms with van der Waals surface area (Å²) in [6, 6.07) is 0. The van der Waals surface area contributed by atoms with Crippen LogP contribution in [0.4, 0.5) is 0 Å². The van der Waals surface area contributed by atoms with Crippen molar-refractivity contribution >= 4 is 17.7 Å². The molecular formula is C14H28N2OS. The molecule has 2 N–H and O–H groups in total. The monoisotopic (exact) mass is 272 g/mol. The van der Waals surface area contributed by atoms with E-state index >= 15 is 0 Å². The van der Waals surface area contributed by atoms with Crippen LogP contribution in [-0.2, 0) is 4.79 Å². The molecule has 4 heteroatoms. The Hall–Kier alpha value is -0.220. The summed E-state index contributed by atoms with van der Waals surface area (Å²) in [6.45, 7) is 10.3. The van der Waals surface area contributed by atoms with Gasteiger partial charge in [-0.25, -0.2) is 0 Å². The Morgan fingerprint density at radius 1 is 1.44 bits per heavy atom. The maximum atomic E-state index is 10.8. The smallest absolute Gasteiger partial charge is 0.217 e. The van der Waals surface area contributed by atoms with Crippen LogP contribution in [-0.4, -0.2) is 40.9 Å². The summed E-state index contributed by atoms with van der Waals surface area (Å²) in [6.07, 6.45) is 4.05. The Bertz CT molecular complexity index is 263. The second-order valence-electron chi connectivity index (χ2n) is 6.27. The molecule has 106 valence electrons. The van der Waals surface area contributed by atoms with E-state index in [2.05, 4.69) is 25.7 Å². The number of carbonyl (C=O) groups excluding carboxylic acids is 1. The number of likely N-dealkylation sites (tertiary alicyclic amines) is 1. The summed E-state index contributed by atoms with van der Waals surface area (Å²) >= 11 is 2.03. The Labute approximate surface area is 116 Å². The highest BCUT2D eigenvalue weighted by atomic mass is 32.2. The maximum absolute atomic E-state index is 10.8. The molecule has 1 rings (SSSR count). The largest absolute Gasteiger partial charge is 0.370 e. The molecule has 1 saturated heterocycles. The first-order valence-electron chi connectivity index (χ1n) is 7.01. The van der Waals surface area contributed by atoms with Gasteiger partial charge in [0, 0.05) is 30.0 Å². The van der Waals surface area contributed by atoms with Gasteiger partial charge in [-0.05, 0) is 31.7 Å². The minimum atomic E-state index is -0.157. The normalized spacial score (nSPS) is 22.1. The number of nitrogens with zero attached hydrogens (tertiary/aromatic N) is 1. The van der Waals surface area contributed by atoms with Gasteiger partial charge in [-0.1, -0.05) is 20.8 Å². The zero-order chi connectivity index (χ0) is 13.6. The first-order chi connectivity index (χ1) is 8.37. The molecule has 1 fully saturated rings. The lowest BCUT2D eigenvalue weighted by Gasteiger charge is -2.33. The van der Waals surface area contributed by atoms with E-state index in [0.29, 0.717) is 17.1 Å².